The molecule has 0 aromatic heterocycles. The number of unbranched alkanes of at least 4 members (excludes halogenated alkanes) is 2. The van der Waals surface area contributed by atoms with Crippen LogP contribution in [0.1, 0.15) is 46.5 Å². The lowest BCUT2D eigenvalue weighted by Gasteiger charge is -2.18. The van der Waals surface area contributed by atoms with Crippen LogP contribution in [0, 0.1) is 5.92 Å². The van der Waals surface area contributed by atoms with Crippen LogP contribution >= 0.6 is 11.6 Å². The van der Waals surface area contributed by atoms with E-state index in [0.29, 0.717) is 18.2 Å². The summed E-state index contributed by atoms with van der Waals surface area (Å²) in [5.74, 6) is 1.09. The van der Waals surface area contributed by atoms with Gasteiger partial charge in [-0.05, 0) is 19.3 Å². The summed E-state index contributed by atoms with van der Waals surface area (Å²) in [5, 5.41) is 2.97. The summed E-state index contributed by atoms with van der Waals surface area (Å²) in [5.41, 5.74) is 0. The number of carbonyl (C=O) groups excluding carboxylic acids is 1. The van der Waals surface area contributed by atoms with E-state index in [0.717, 1.165) is 19.3 Å². The molecule has 0 aliphatic heterocycles. The molecule has 0 spiro atoms. The van der Waals surface area contributed by atoms with Crippen LogP contribution in [0.3, 0.4) is 0 Å². The number of hydrogen-bond donors (Lipinski definition) is 1. The number of halogens is 1. The highest BCUT2D eigenvalue weighted by atomic mass is 35.5. The first-order valence-electron chi connectivity index (χ1n) is 5.47. The van der Waals surface area contributed by atoms with Gasteiger partial charge in [-0.1, -0.05) is 26.7 Å². The van der Waals surface area contributed by atoms with Gasteiger partial charge >= 0.3 is 0 Å². The Morgan fingerprint density at radius 3 is 2.50 bits per heavy atom. The second kappa shape index (κ2) is 8.10. The highest BCUT2D eigenvalue weighted by Gasteiger charge is 2.12. The van der Waals surface area contributed by atoms with Gasteiger partial charge in [0.1, 0.15) is 0 Å². The van der Waals surface area contributed by atoms with E-state index in [4.69, 9.17) is 11.6 Å². The van der Waals surface area contributed by atoms with Crippen LogP contribution in [0.4, 0.5) is 0 Å². The van der Waals surface area contributed by atoms with E-state index in [1.165, 1.54) is 0 Å². The van der Waals surface area contributed by atoms with Crippen LogP contribution in [0.2, 0.25) is 0 Å². The van der Waals surface area contributed by atoms with Gasteiger partial charge in [-0.3, -0.25) is 4.79 Å². The molecule has 0 aromatic rings. The van der Waals surface area contributed by atoms with Gasteiger partial charge in [0.2, 0.25) is 5.91 Å². The van der Waals surface area contributed by atoms with E-state index in [1.54, 1.807) is 0 Å². The molecule has 0 aliphatic rings. The first-order chi connectivity index (χ1) is 6.61. The molecular formula is C11H22ClNO. The van der Waals surface area contributed by atoms with Crippen molar-refractivity contribution >= 4 is 17.5 Å². The number of amides is 1. The summed E-state index contributed by atoms with van der Waals surface area (Å²) in [6.45, 7) is 6.19. The monoisotopic (exact) mass is 219 g/mol. The van der Waals surface area contributed by atoms with E-state index in [1.807, 2.05) is 13.8 Å². The first-order valence-corrected chi connectivity index (χ1v) is 6.00. The molecule has 0 aliphatic carbocycles. The predicted octanol–water partition coefficient (Wildman–Crippen LogP) is 2.95. The molecule has 0 heterocycles. The molecule has 0 saturated heterocycles. The summed E-state index contributed by atoms with van der Waals surface area (Å²) in [6.07, 6.45) is 3.92. The van der Waals surface area contributed by atoms with E-state index in [-0.39, 0.29) is 11.9 Å². The van der Waals surface area contributed by atoms with Crippen molar-refractivity contribution in [3.63, 3.8) is 0 Å². The van der Waals surface area contributed by atoms with Crippen molar-refractivity contribution in [3.8, 4) is 0 Å². The minimum atomic E-state index is 0.155. The van der Waals surface area contributed by atoms with Crippen LogP contribution in [0.5, 0.6) is 0 Å². The average Bonchev–Trinajstić information content (AvgIpc) is 2.16. The van der Waals surface area contributed by atoms with E-state index < -0.39 is 0 Å². The molecule has 2 atom stereocenters. The third kappa shape index (κ3) is 6.25. The molecule has 1 amide bonds. The van der Waals surface area contributed by atoms with Crippen LogP contribution in [0.15, 0.2) is 0 Å². The van der Waals surface area contributed by atoms with Gasteiger partial charge in [0.05, 0.1) is 0 Å². The zero-order valence-corrected chi connectivity index (χ0v) is 10.2. The van der Waals surface area contributed by atoms with Crippen LogP contribution < -0.4 is 5.32 Å². The fourth-order valence-electron chi connectivity index (χ4n) is 1.14. The maximum absolute atomic E-state index is 11.4. The maximum atomic E-state index is 11.4. The Balaban J connectivity index is 3.60. The standard InChI is InChI=1S/C11H22ClNO/c1-4-5-6-7-11(14)13-10(3)9(2)8-12/h9-10H,4-8H2,1-3H3,(H,13,14). The Hall–Kier alpha value is -0.240. The molecule has 2 nitrogen and oxygen atoms in total. The summed E-state index contributed by atoms with van der Waals surface area (Å²) in [4.78, 5) is 11.4. The molecule has 84 valence electrons. The number of rotatable bonds is 7. The smallest absolute Gasteiger partial charge is 0.220 e. The SMILES string of the molecule is CCCCCC(=O)NC(C)C(C)CCl. The van der Waals surface area contributed by atoms with Gasteiger partial charge in [0.25, 0.3) is 0 Å². The fourth-order valence-corrected chi connectivity index (χ4v) is 1.40. The van der Waals surface area contributed by atoms with Gasteiger partial charge in [-0.15, -0.1) is 11.6 Å². The third-order valence-electron chi connectivity index (χ3n) is 2.49. The van der Waals surface area contributed by atoms with E-state index in [9.17, 15) is 4.79 Å². The first kappa shape index (κ1) is 13.8. The average molecular weight is 220 g/mol. The van der Waals surface area contributed by atoms with Crippen LogP contribution in [-0.2, 0) is 4.79 Å². The highest BCUT2D eigenvalue weighted by molar-refractivity contribution is 6.18. The van der Waals surface area contributed by atoms with Gasteiger partial charge in [0, 0.05) is 18.3 Å². The minimum Gasteiger partial charge on any atom is -0.353 e. The van der Waals surface area contributed by atoms with E-state index in [2.05, 4.69) is 12.2 Å². The molecule has 0 saturated carbocycles. The van der Waals surface area contributed by atoms with Gasteiger partial charge in [0.15, 0.2) is 0 Å². The number of hydrogen-bond acceptors (Lipinski definition) is 1. The van der Waals surface area contributed by atoms with Crippen molar-refractivity contribution in [1.82, 2.24) is 5.32 Å². The second-order valence-corrected chi connectivity index (χ2v) is 4.25. The largest absolute Gasteiger partial charge is 0.353 e. The molecule has 0 radical (unpaired) electrons. The quantitative estimate of drug-likeness (QED) is 0.518. The molecule has 14 heavy (non-hydrogen) atoms. The minimum absolute atomic E-state index is 0.155. The lowest BCUT2D eigenvalue weighted by molar-refractivity contribution is -0.122. The lowest BCUT2D eigenvalue weighted by Crippen LogP contribution is -2.37. The summed E-state index contributed by atoms with van der Waals surface area (Å²) in [6, 6.07) is 0.182. The van der Waals surface area contributed by atoms with Crippen molar-refractivity contribution in [3.05, 3.63) is 0 Å². The predicted molar refractivity (Wildman–Crippen MR) is 61.6 cm³/mol. The zero-order valence-electron chi connectivity index (χ0n) is 9.48. The third-order valence-corrected chi connectivity index (χ3v) is 2.98. The molecule has 0 fully saturated rings. The van der Waals surface area contributed by atoms with Crippen molar-refractivity contribution in [2.24, 2.45) is 5.92 Å². The Morgan fingerprint density at radius 1 is 1.36 bits per heavy atom. The molecule has 2 unspecified atom stereocenters. The molecular weight excluding hydrogens is 198 g/mol. The van der Waals surface area contributed by atoms with Crippen molar-refractivity contribution in [2.45, 2.75) is 52.5 Å². The van der Waals surface area contributed by atoms with E-state index >= 15 is 0 Å². The lowest BCUT2D eigenvalue weighted by atomic mass is 10.1. The Bertz CT molecular complexity index is 161. The Kier molecular flexibility index (Phi) is 7.96. The topological polar surface area (TPSA) is 29.1 Å². The summed E-state index contributed by atoms with van der Waals surface area (Å²) < 4.78 is 0. The fraction of sp³-hybridized carbons (Fsp3) is 0.909. The van der Waals surface area contributed by atoms with Crippen LogP contribution in [0.25, 0.3) is 0 Å². The summed E-state index contributed by atoms with van der Waals surface area (Å²) >= 11 is 5.71. The zero-order chi connectivity index (χ0) is 11.0. The molecule has 3 heteroatoms. The van der Waals surface area contributed by atoms with Gasteiger partial charge < -0.3 is 5.32 Å². The molecule has 0 aromatic carbocycles. The molecule has 1 N–H and O–H groups in total. The Morgan fingerprint density at radius 2 is 2.00 bits per heavy atom. The van der Waals surface area contributed by atoms with Crippen LogP contribution in [-0.4, -0.2) is 17.8 Å². The van der Waals surface area contributed by atoms with Crippen molar-refractivity contribution < 1.29 is 4.79 Å². The summed E-state index contributed by atoms with van der Waals surface area (Å²) in [7, 11) is 0. The molecule has 0 rings (SSSR count). The number of nitrogens with one attached hydrogen (secondary N) is 1. The van der Waals surface area contributed by atoms with Crippen molar-refractivity contribution in [2.75, 3.05) is 5.88 Å². The maximum Gasteiger partial charge on any atom is 0.220 e. The highest BCUT2D eigenvalue weighted by Crippen LogP contribution is 2.05. The van der Waals surface area contributed by atoms with Gasteiger partial charge in [-0.2, -0.15) is 0 Å². The van der Waals surface area contributed by atoms with Gasteiger partial charge in [-0.25, -0.2) is 0 Å². The Labute approximate surface area is 92.4 Å². The number of alkyl halides is 1. The normalized spacial score (nSPS) is 14.9. The number of carbonyl (C=O) groups is 1. The second-order valence-electron chi connectivity index (χ2n) is 3.94. The van der Waals surface area contributed by atoms with Crippen molar-refractivity contribution in [1.29, 1.82) is 0 Å². The molecule has 0 bridgehead atoms.